The number of carbonyl (C=O) groups excluding carboxylic acids is 1. The van der Waals surface area contributed by atoms with Crippen molar-refractivity contribution in [1.82, 2.24) is 9.66 Å². The average Bonchev–Trinajstić information content (AvgIpc) is 3.00. The number of fused-ring (bicyclic) bond motifs is 1. The van der Waals surface area contributed by atoms with Gasteiger partial charge in [0.25, 0.3) is 11.5 Å². The number of para-hydroxylation sites is 2. The van der Waals surface area contributed by atoms with Gasteiger partial charge in [0.1, 0.15) is 5.82 Å². The highest BCUT2D eigenvalue weighted by Gasteiger charge is 2.31. The number of nitro benzene ring substituents is 1. The molecule has 0 radical (unpaired) electrons. The van der Waals surface area contributed by atoms with E-state index >= 15 is 0 Å². The van der Waals surface area contributed by atoms with Gasteiger partial charge in [-0.15, -0.1) is 0 Å². The number of ether oxygens (including phenoxy) is 1. The van der Waals surface area contributed by atoms with Crippen LogP contribution in [-0.2, 0) is 11.0 Å². The summed E-state index contributed by atoms with van der Waals surface area (Å²) < 4.78 is 60.9. The first-order valence-corrected chi connectivity index (χ1v) is 13.6. The van der Waals surface area contributed by atoms with Gasteiger partial charge in [0.15, 0.2) is 12.4 Å². The molecule has 0 aliphatic carbocycles. The fourth-order valence-electron chi connectivity index (χ4n) is 4.25. The fourth-order valence-corrected chi connectivity index (χ4v) is 4.71. The predicted molar refractivity (Wildman–Crippen MR) is 161 cm³/mol. The topological polar surface area (TPSA) is 129 Å². The predicted octanol–water partition coefficient (Wildman–Crippen LogP) is 6.79. The molecule has 0 aliphatic rings. The number of hydrogen-bond donors (Lipinski definition) is 1. The maximum absolute atomic E-state index is 14.0. The van der Waals surface area contributed by atoms with Crippen molar-refractivity contribution in [3.8, 4) is 17.1 Å². The third-order valence-electron chi connectivity index (χ3n) is 6.27. The molecule has 1 heterocycles. The van der Waals surface area contributed by atoms with Crippen molar-refractivity contribution in [2.24, 2.45) is 5.10 Å². The summed E-state index contributed by atoms with van der Waals surface area (Å²) in [5.41, 5.74) is -2.39. The number of alkyl halides is 3. The zero-order valence-electron chi connectivity index (χ0n) is 22.6. The number of halogens is 5. The van der Waals surface area contributed by atoms with Gasteiger partial charge >= 0.3 is 11.9 Å². The molecule has 0 spiro atoms. The quantitative estimate of drug-likeness (QED) is 0.0830. The van der Waals surface area contributed by atoms with E-state index in [0.717, 1.165) is 41.2 Å². The normalized spacial score (nSPS) is 11.6. The van der Waals surface area contributed by atoms with Crippen LogP contribution in [0.25, 0.3) is 22.3 Å². The van der Waals surface area contributed by atoms with Crippen molar-refractivity contribution < 1.29 is 32.0 Å². The molecular formula is C30H18BrF4N5O5. The Morgan fingerprint density at radius 2 is 1.80 bits per heavy atom. The van der Waals surface area contributed by atoms with E-state index in [2.05, 4.69) is 31.3 Å². The van der Waals surface area contributed by atoms with Gasteiger partial charge in [-0.3, -0.25) is 19.7 Å². The highest BCUT2D eigenvalue weighted by Crippen LogP contribution is 2.35. The minimum Gasteiger partial charge on any atom is -0.476 e. The summed E-state index contributed by atoms with van der Waals surface area (Å²) in [5.74, 6) is -2.20. The highest BCUT2D eigenvalue weighted by molar-refractivity contribution is 9.10. The number of nitro groups is 1. The summed E-state index contributed by atoms with van der Waals surface area (Å²) in [4.78, 5) is 41.5. The molecule has 0 fully saturated rings. The molecule has 1 N–H and O–H groups in total. The van der Waals surface area contributed by atoms with Gasteiger partial charge in [0.05, 0.1) is 33.3 Å². The summed E-state index contributed by atoms with van der Waals surface area (Å²) in [7, 11) is 0. The van der Waals surface area contributed by atoms with E-state index in [9.17, 15) is 37.3 Å². The minimum absolute atomic E-state index is 0.0775. The first-order valence-electron chi connectivity index (χ1n) is 12.8. The zero-order chi connectivity index (χ0) is 32.3. The average molecular weight is 684 g/mol. The number of benzene rings is 4. The standard InChI is InChI=1S/C30H18BrF4N5O5/c31-20-13-18(27(25(14-20)40(43)44)45-16-26(41)37-24-11-4-2-9-22(24)32)15-36-39-28(17-6-5-7-19(12-17)30(33,34)35)38-23-10-3-1-8-21(23)29(39)42/h1-15H,16H2,(H,37,41). The number of anilines is 1. The number of hydrogen-bond acceptors (Lipinski definition) is 7. The Morgan fingerprint density at radius 3 is 2.53 bits per heavy atom. The first kappa shape index (κ1) is 31.0. The molecule has 1 aromatic heterocycles. The van der Waals surface area contributed by atoms with Crippen LogP contribution in [0.15, 0.2) is 99.3 Å². The molecule has 15 heteroatoms. The van der Waals surface area contributed by atoms with Crippen LogP contribution in [0, 0.1) is 15.9 Å². The molecule has 0 atom stereocenters. The summed E-state index contributed by atoms with van der Waals surface area (Å²) >= 11 is 3.17. The van der Waals surface area contributed by atoms with Gasteiger partial charge in [-0.1, -0.05) is 52.3 Å². The number of amides is 1. The summed E-state index contributed by atoms with van der Waals surface area (Å²) in [6.45, 7) is -0.773. The highest BCUT2D eigenvalue weighted by atomic mass is 79.9. The summed E-state index contributed by atoms with van der Waals surface area (Å²) in [5, 5.41) is 18.5. The molecule has 10 nitrogen and oxygen atoms in total. The third-order valence-corrected chi connectivity index (χ3v) is 6.73. The molecule has 0 bridgehead atoms. The third kappa shape index (κ3) is 6.88. The van der Waals surface area contributed by atoms with Crippen LogP contribution >= 0.6 is 15.9 Å². The molecule has 0 saturated carbocycles. The van der Waals surface area contributed by atoms with Gasteiger partial charge in [0, 0.05) is 21.7 Å². The second-order valence-electron chi connectivity index (χ2n) is 9.31. The Kier molecular flexibility index (Phi) is 8.72. The molecule has 4 aromatic carbocycles. The van der Waals surface area contributed by atoms with Gasteiger partial charge in [-0.2, -0.15) is 22.9 Å². The lowest BCUT2D eigenvalue weighted by molar-refractivity contribution is -0.385. The SMILES string of the molecule is O=C(COc1c(C=Nn2c(-c3cccc(C(F)(F)F)c3)nc3ccccc3c2=O)cc(Br)cc1[N+](=O)[O-])Nc1ccccc1F. The van der Waals surface area contributed by atoms with E-state index < -0.39 is 52.0 Å². The molecule has 1 amide bonds. The molecule has 0 saturated heterocycles. The minimum atomic E-state index is -4.68. The van der Waals surface area contributed by atoms with E-state index in [4.69, 9.17) is 4.74 Å². The lowest BCUT2D eigenvalue weighted by Gasteiger charge is -2.13. The van der Waals surface area contributed by atoms with Crippen LogP contribution in [0.2, 0.25) is 0 Å². The number of rotatable bonds is 8. The molecular weight excluding hydrogens is 666 g/mol. The maximum Gasteiger partial charge on any atom is 0.416 e. The number of nitrogens with one attached hydrogen (secondary N) is 1. The van der Waals surface area contributed by atoms with Gasteiger partial charge < -0.3 is 10.1 Å². The van der Waals surface area contributed by atoms with E-state index in [1.807, 2.05) is 0 Å². The van der Waals surface area contributed by atoms with E-state index in [1.54, 1.807) is 12.1 Å². The second kappa shape index (κ2) is 12.7. The van der Waals surface area contributed by atoms with Crippen molar-refractivity contribution in [2.45, 2.75) is 6.18 Å². The Morgan fingerprint density at radius 1 is 1.07 bits per heavy atom. The number of nitrogens with zero attached hydrogens (tertiary/aromatic N) is 4. The summed E-state index contributed by atoms with van der Waals surface area (Å²) in [6.07, 6.45) is -3.67. The Hall–Kier alpha value is -5.44. The van der Waals surface area contributed by atoms with E-state index in [0.29, 0.717) is 0 Å². The van der Waals surface area contributed by atoms with Crippen molar-refractivity contribution >= 4 is 50.3 Å². The van der Waals surface area contributed by atoms with Crippen molar-refractivity contribution in [3.05, 3.63) is 127 Å². The molecule has 5 rings (SSSR count). The lowest BCUT2D eigenvalue weighted by atomic mass is 10.1. The van der Waals surface area contributed by atoms with Crippen molar-refractivity contribution in [1.29, 1.82) is 0 Å². The molecule has 45 heavy (non-hydrogen) atoms. The number of aromatic nitrogens is 2. The zero-order valence-corrected chi connectivity index (χ0v) is 24.2. The molecule has 228 valence electrons. The van der Waals surface area contributed by atoms with Crippen LogP contribution in [-0.4, -0.2) is 33.3 Å². The van der Waals surface area contributed by atoms with E-state index in [1.165, 1.54) is 42.5 Å². The monoisotopic (exact) mass is 683 g/mol. The van der Waals surface area contributed by atoms with Crippen LogP contribution < -0.4 is 15.6 Å². The van der Waals surface area contributed by atoms with Crippen LogP contribution in [0.3, 0.4) is 0 Å². The first-order chi connectivity index (χ1) is 21.4. The molecule has 0 unspecified atom stereocenters. The lowest BCUT2D eigenvalue weighted by Crippen LogP contribution is -2.22. The second-order valence-corrected chi connectivity index (χ2v) is 10.2. The van der Waals surface area contributed by atoms with Crippen LogP contribution in [0.1, 0.15) is 11.1 Å². The van der Waals surface area contributed by atoms with E-state index in [-0.39, 0.29) is 38.0 Å². The maximum atomic E-state index is 14.0. The largest absolute Gasteiger partial charge is 0.476 e. The Balaban J connectivity index is 1.59. The van der Waals surface area contributed by atoms with Gasteiger partial charge in [-0.05, 0) is 42.5 Å². The molecule has 0 aliphatic heterocycles. The van der Waals surface area contributed by atoms with Gasteiger partial charge in [0.2, 0.25) is 5.75 Å². The van der Waals surface area contributed by atoms with Crippen molar-refractivity contribution in [2.75, 3.05) is 11.9 Å². The van der Waals surface area contributed by atoms with Crippen molar-refractivity contribution in [3.63, 3.8) is 0 Å². The fraction of sp³-hybridized carbons (Fsp3) is 0.0667. The van der Waals surface area contributed by atoms with Crippen LogP contribution in [0.5, 0.6) is 5.75 Å². The number of carbonyl (C=O) groups is 1. The van der Waals surface area contributed by atoms with Crippen LogP contribution in [0.4, 0.5) is 28.9 Å². The summed E-state index contributed by atoms with van der Waals surface area (Å²) in [6, 6.07) is 18.1. The smallest absolute Gasteiger partial charge is 0.416 e. The van der Waals surface area contributed by atoms with Gasteiger partial charge in [-0.25, -0.2) is 9.37 Å². The Labute approximate surface area is 258 Å². The Bertz CT molecular complexity index is 2050. The molecule has 5 aromatic rings.